The minimum Gasteiger partial charge on any atom is -0.295 e. The van der Waals surface area contributed by atoms with Crippen LogP contribution in [0.4, 0.5) is 0 Å². The largest absolute Gasteiger partial charge is 0.295 e. The lowest BCUT2D eigenvalue weighted by Crippen LogP contribution is -2.33. The maximum atomic E-state index is 9.27. The van der Waals surface area contributed by atoms with Crippen LogP contribution in [0.1, 0.15) is 49.3 Å². The monoisotopic (exact) mass is 228 g/mol. The molecular formula is C15H20N2. The SMILES string of the molecule is Cc1ccc(C(C#N)NC2CCCCC2)cc1. The quantitative estimate of drug-likeness (QED) is 0.859. The Morgan fingerprint density at radius 2 is 1.82 bits per heavy atom. The van der Waals surface area contributed by atoms with Gasteiger partial charge in [-0.2, -0.15) is 5.26 Å². The van der Waals surface area contributed by atoms with E-state index in [2.05, 4.69) is 42.6 Å². The highest BCUT2D eigenvalue weighted by Crippen LogP contribution is 2.21. The topological polar surface area (TPSA) is 35.8 Å². The highest BCUT2D eigenvalue weighted by molar-refractivity contribution is 5.27. The lowest BCUT2D eigenvalue weighted by atomic mass is 9.94. The molecule has 0 amide bonds. The van der Waals surface area contributed by atoms with E-state index in [1.54, 1.807) is 0 Å². The molecule has 1 aliphatic carbocycles. The Balaban J connectivity index is 2.01. The number of nitrogens with zero attached hydrogens (tertiary/aromatic N) is 1. The zero-order chi connectivity index (χ0) is 12.1. The fraction of sp³-hybridized carbons (Fsp3) is 0.533. The number of nitrogens with one attached hydrogen (secondary N) is 1. The number of hydrogen-bond donors (Lipinski definition) is 1. The van der Waals surface area contributed by atoms with Crippen LogP contribution in [-0.4, -0.2) is 6.04 Å². The molecule has 1 atom stereocenters. The first-order chi connectivity index (χ1) is 8.29. The van der Waals surface area contributed by atoms with Gasteiger partial charge < -0.3 is 0 Å². The van der Waals surface area contributed by atoms with E-state index in [0.29, 0.717) is 6.04 Å². The van der Waals surface area contributed by atoms with Gasteiger partial charge in [0, 0.05) is 6.04 Å². The summed E-state index contributed by atoms with van der Waals surface area (Å²) < 4.78 is 0. The molecule has 2 nitrogen and oxygen atoms in total. The fourth-order valence-electron chi connectivity index (χ4n) is 2.47. The fourth-order valence-corrected chi connectivity index (χ4v) is 2.47. The molecule has 0 saturated heterocycles. The van der Waals surface area contributed by atoms with Crippen LogP contribution < -0.4 is 5.32 Å². The first-order valence-electron chi connectivity index (χ1n) is 6.52. The Morgan fingerprint density at radius 3 is 2.41 bits per heavy atom. The van der Waals surface area contributed by atoms with Crippen molar-refractivity contribution in [3.05, 3.63) is 35.4 Å². The van der Waals surface area contributed by atoms with Gasteiger partial charge in [-0.1, -0.05) is 49.1 Å². The van der Waals surface area contributed by atoms with Crippen molar-refractivity contribution in [2.75, 3.05) is 0 Å². The molecule has 1 aliphatic rings. The molecule has 2 rings (SSSR count). The first-order valence-corrected chi connectivity index (χ1v) is 6.52. The summed E-state index contributed by atoms with van der Waals surface area (Å²) in [6.45, 7) is 2.07. The van der Waals surface area contributed by atoms with Crippen LogP contribution in [0.15, 0.2) is 24.3 Å². The number of aryl methyl sites for hydroxylation is 1. The number of hydrogen-bond acceptors (Lipinski definition) is 2. The van der Waals surface area contributed by atoms with Crippen LogP contribution in [0.5, 0.6) is 0 Å². The molecule has 0 heterocycles. The van der Waals surface area contributed by atoms with Gasteiger partial charge in [0.05, 0.1) is 6.07 Å². The lowest BCUT2D eigenvalue weighted by molar-refractivity contribution is 0.360. The third-order valence-electron chi connectivity index (χ3n) is 3.55. The van der Waals surface area contributed by atoms with Gasteiger partial charge in [0.2, 0.25) is 0 Å². The van der Waals surface area contributed by atoms with Crippen molar-refractivity contribution in [2.45, 2.75) is 51.1 Å². The summed E-state index contributed by atoms with van der Waals surface area (Å²) in [5, 5.41) is 12.7. The number of rotatable bonds is 3. The third-order valence-corrected chi connectivity index (χ3v) is 3.55. The first kappa shape index (κ1) is 12.1. The summed E-state index contributed by atoms with van der Waals surface area (Å²) in [7, 11) is 0. The summed E-state index contributed by atoms with van der Waals surface area (Å²) in [5.41, 5.74) is 2.33. The van der Waals surface area contributed by atoms with Crippen molar-refractivity contribution in [1.29, 1.82) is 5.26 Å². The molecule has 1 aromatic carbocycles. The molecule has 1 aromatic rings. The van der Waals surface area contributed by atoms with Crippen molar-refractivity contribution in [1.82, 2.24) is 5.32 Å². The summed E-state index contributed by atoms with van der Waals surface area (Å²) >= 11 is 0. The maximum Gasteiger partial charge on any atom is 0.121 e. The highest BCUT2D eigenvalue weighted by atomic mass is 14.9. The van der Waals surface area contributed by atoms with E-state index in [1.807, 2.05) is 0 Å². The van der Waals surface area contributed by atoms with Crippen molar-refractivity contribution >= 4 is 0 Å². The normalized spacial score (nSPS) is 18.6. The minimum absolute atomic E-state index is 0.154. The smallest absolute Gasteiger partial charge is 0.121 e. The zero-order valence-corrected chi connectivity index (χ0v) is 10.4. The Labute approximate surface area is 104 Å². The van der Waals surface area contributed by atoms with Gasteiger partial charge in [0.15, 0.2) is 0 Å². The second-order valence-electron chi connectivity index (χ2n) is 4.97. The van der Waals surface area contributed by atoms with Gasteiger partial charge in [-0.15, -0.1) is 0 Å². The van der Waals surface area contributed by atoms with Crippen LogP contribution >= 0.6 is 0 Å². The van der Waals surface area contributed by atoms with Gasteiger partial charge >= 0.3 is 0 Å². The highest BCUT2D eigenvalue weighted by Gasteiger charge is 2.18. The summed E-state index contributed by atoms with van der Waals surface area (Å²) in [4.78, 5) is 0. The van der Waals surface area contributed by atoms with E-state index in [9.17, 15) is 5.26 Å². The molecule has 0 aromatic heterocycles. The van der Waals surface area contributed by atoms with Crippen LogP contribution in [-0.2, 0) is 0 Å². The second-order valence-corrected chi connectivity index (χ2v) is 4.97. The Bertz CT molecular complexity index is 382. The molecular weight excluding hydrogens is 208 g/mol. The summed E-state index contributed by atoms with van der Waals surface area (Å²) in [5.74, 6) is 0. The van der Waals surface area contributed by atoms with Crippen molar-refractivity contribution in [2.24, 2.45) is 0 Å². The average Bonchev–Trinajstić information content (AvgIpc) is 2.38. The molecule has 90 valence electrons. The van der Waals surface area contributed by atoms with E-state index in [1.165, 1.54) is 37.7 Å². The third kappa shape index (κ3) is 3.31. The van der Waals surface area contributed by atoms with E-state index in [-0.39, 0.29) is 6.04 Å². The maximum absolute atomic E-state index is 9.27. The van der Waals surface area contributed by atoms with Crippen molar-refractivity contribution < 1.29 is 0 Å². The molecule has 1 fully saturated rings. The lowest BCUT2D eigenvalue weighted by Gasteiger charge is -2.25. The van der Waals surface area contributed by atoms with Crippen molar-refractivity contribution in [3.8, 4) is 6.07 Å². The zero-order valence-electron chi connectivity index (χ0n) is 10.4. The standard InChI is InChI=1S/C15H20N2/c1-12-7-9-13(10-8-12)15(11-16)17-14-5-3-2-4-6-14/h7-10,14-15,17H,2-6H2,1H3. The summed E-state index contributed by atoms with van der Waals surface area (Å²) in [6, 6.07) is 11.0. The predicted molar refractivity (Wildman–Crippen MR) is 69.5 cm³/mol. The van der Waals surface area contributed by atoms with Gasteiger partial charge in [-0.05, 0) is 25.3 Å². The predicted octanol–water partition coefficient (Wildman–Crippen LogP) is 3.48. The Morgan fingerprint density at radius 1 is 1.18 bits per heavy atom. The molecule has 17 heavy (non-hydrogen) atoms. The second kappa shape index (κ2) is 5.84. The minimum atomic E-state index is -0.154. The molecule has 2 heteroatoms. The van der Waals surface area contributed by atoms with Crippen LogP contribution in [0, 0.1) is 18.3 Å². The van der Waals surface area contributed by atoms with E-state index in [0.717, 1.165) is 5.56 Å². The van der Waals surface area contributed by atoms with Crippen LogP contribution in [0.3, 0.4) is 0 Å². The molecule has 1 N–H and O–H groups in total. The van der Waals surface area contributed by atoms with Crippen LogP contribution in [0.25, 0.3) is 0 Å². The number of nitriles is 1. The average molecular weight is 228 g/mol. The Hall–Kier alpha value is -1.33. The van der Waals surface area contributed by atoms with Crippen molar-refractivity contribution in [3.63, 3.8) is 0 Å². The van der Waals surface area contributed by atoms with Gasteiger partial charge in [-0.25, -0.2) is 0 Å². The molecule has 0 aliphatic heterocycles. The molecule has 0 radical (unpaired) electrons. The Kier molecular flexibility index (Phi) is 4.17. The van der Waals surface area contributed by atoms with Crippen LogP contribution in [0.2, 0.25) is 0 Å². The molecule has 0 bridgehead atoms. The number of benzene rings is 1. The van der Waals surface area contributed by atoms with E-state index < -0.39 is 0 Å². The van der Waals surface area contributed by atoms with Gasteiger partial charge in [0.1, 0.15) is 6.04 Å². The summed E-state index contributed by atoms with van der Waals surface area (Å²) in [6.07, 6.45) is 6.36. The van der Waals surface area contributed by atoms with E-state index >= 15 is 0 Å². The molecule has 1 saturated carbocycles. The van der Waals surface area contributed by atoms with Gasteiger partial charge in [-0.3, -0.25) is 5.32 Å². The molecule has 1 unspecified atom stereocenters. The van der Waals surface area contributed by atoms with Gasteiger partial charge in [0.25, 0.3) is 0 Å². The molecule has 0 spiro atoms. The van der Waals surface area contributed by atoms with E-state index in [4.69, 9.17) is 0 Å².